The van der Waals surface area contributed by atoms with E-state index in [1.54, 1.807) is 25.3 Å². The molecule has 0 atom stereocenters. The molecule has 0 saturated carbocycles. The first kappa shape index (κ1) is 15.9. The molecule has 2 aromatic rings. The predicted molar refractivity (Wildman–Crippen MR) is 88.2 cm³/mol. The summed E-state index contributed by atoms with van der Waals surface area (Å²) in [4.78, 5) is 12.1. The number of rotatable bonds is 5. The summed E-state index contributed by atoms with van der Waals surface area (Å²) < 4.78 is 6.13. The number of hydrogen-bond donors (Lipinski definition) is 1. The number of methoxy groups -OCH3 is 1. The lowest BCUT2D eigenvalue weighted by molar-refractivity contribution is 0.0954. The number of ether oxygens (including phenoxy) is 1. The minimum Gasteiger partial charge on any atom is -0.496 e. The minimum absolute atomic E-state index is 0.178. The van der Waals surface area contributed by atoms with Crippen LogP contribution in [0.25, 0.3) is 0 Å². The molecule has 0 aliphatic carbocycles. The summed E-state index contributed by atoms with van der Waals surface area (Å²) in [6, 6.07) is 13.0. The van der Waals surface area contributed by atoms with Crippen LogP contribution < -0.4 is 10.1 Å². The number of hydrogen-bond acceptors (Lipinski definition) is 2. The molecule has 0 unspecified atom stereocenters. The highest BCUT2D eigenvalue weighted by Crippen LogP contribution is 2.21. The highest BCUT2D eigenvalue weighted by atomic mass is 79.9. The van der Waals surface area contributed by atoms with E-state index in [9.17, 15) is 4.79 Å². The van der Waals surface area contributed by atoms with Crippen LogP contribution >= 0.6 is 27.5 Å². The van der Waals surface area contributed by atoms with Gasteiger partial charge in [-0.2, -0.15) is 0 Å². The van der Waals surface area contributed by atoms with Crippen molar-refractivity contribution in [1.82, 2.24) is 5.32 Å². The number of carbonyl (C=O) groups excluding carboxylic acids is 1. The molecule has 2 aromatic carbocycles. The summed E-state index contributed by atoms with van der Waals surface area (Å²) in [5.41, 5.74) is 1.53. The number of amides is 1. The maximum atomic E-state index is 12.1. The summed E-state index contributed by atoms with van der Waals surface area (Å²) in [7, 11) is 1.64. The highest BCUT2D eigenvalue weighted by Gasteiger charge is 2.10. The molecule has 0 aliphatic heterocycles. The zero-order chi connectivity index (χ0) is 15.2. The second-order valence-corrected chi connectivity index (χ2v) is 5.76. The van der Waals surface area contributed by atoms with Crippen LogP contribution in [0.3, 0.4) is 0 Å². The Hall–Kier alpha value is -1.52. The van der Waals surface area contributed by atoms with E-state index in [-0.39, 0.29) is 5.91 Å². The van der Waals surface area contributed by atoms with Gasteiger partial charge in [-0.3, -0.25) is 4.79 Å². The molecule has 2 rings (SSSR count). The molecule has 5 heteroatoms. The lowest BCUT2D eigenvalue weighted by Crippen LogP contribution is -2.26. The van der Waals surface area contributed by atoms with Gasteiger partial charge in [0.2, 0.25) is 0 Å². The highest BCUT2D eigenvalue weighted by molar-refractivity contribution is 9.10. The van der Waals surface area contributed by atoms with E-state index in [4.69, 9.17) is 16.3 Å². The summed E-state index contributed by atoms with van der Waals surface area (Å²) in [6.45, 7) is 0.519. The van der Waals surface area contributed by atoms with Crippen molar-refractivity contribution in [2.75, 3.05) is 13.7 Å². The third-order valence-corrected chi connectivity index (χ3v) is 3.85. The first-order valence-corrected chi connectivity index (χ1v) is 7.64. The number of benzene rings is 2. The van der Waals surface area contributed by atoms with Crippen LogP contribution in [-0.2, 0) is 6.42 Å². The number of para-hydroxylation sites is 1. The molecule has 0 spiro atoms. The van der Waals surface area contributed by atoms with Crippen molar-refractivity contribution < 1.29 is 9.53 Å². The minimum atomic E-state index is -0.178. The molecule has 3 nitrogen and oxygen atoms in total. The average molecular weight is 369 g/mol. The van der Waals surface area contributed by atoms with E-state index in [0.29, 0.717) is 23.6 Å². The van der Waals surface area contributed by atoms with Crippen molar-refractivity contribution in [3.05, 3.63) is 63.1 Å². The average Bonchev–Trinajstić information content (AvgIpc) is 2.47. The van der Waals surface area contributed by atoms with E-state index < -0.39 is 0 Å². The predicted octanol–water partition coefficient (Wildman–Crippen LogP) is 4.08. The lowest BCUT2D eigenvalue weighted by Gasteiger charge is -2.10. The molecule has 0 radical (unpaired) electrons. The van der Waals surface area contributed by atoms with Crippen LogP contribution in [0.2, 0.25) is 5.02 Å². The lowest BCUT2D eigenvalue weighted by atomic mass is 10.1. The van der Waals surface area contributed by atoms with Gasteiger partial charge in [-0.05, 0) is 36.2 Å². The van der Waals surface area contributed by atoms with Crippen LogP contribution in [0.4, 0.5) is 0 Å². The maximum absolute atomic E-state index is 12.1. The Bertz CT molecular complexity index is 646. The first-order chi connectivity index (χ1) is 10.1. The molecule has 1 amide bonds. The van der Waals surface area contributed by atoms with Crippen molar-refractivity contribution in [3.63, 3.8) is 0 Å². The molecule has 21 heavy (non-hydrogen) atoms. The smallest absolute Gasteiger partial charge is 0.252 e. The van der Waals surface area contributed by atoms with Gasteiger partial charge in [-0.25, -0.2) is 0 Å². The zero-order valence-corrected chi connectivity index (χ0v) is 13.9. The third-order valence-electron chi connectivity index (χ3n) is 3.05. The molecule has 0 saturated heterocycles. The quantitative estimate of drug-likeness (QED) is 0.863. The molecule has 110 valence electrons. The molecule has 1 N–H and O–H groups in total. The van der Waals surface area contributed by atoms with Crippen LogP contribution in [0, 0.1) is 0 Å². The standard InChI is InChI=1S/C16H15BrClNO2/c1-21-15-5-3-2-4-11(15)8-9-19-16(20)13-7-6-12(17)10-14(13)18/h2-7,10H,8-9H2,1H3,(H,19,20). The fourth-order valence-corrected chi connectivity index (χ4v) is 2.75. The van der Waals surface area contributed by atoms with Gasteiger partial charge in [0.1, 0.15) is 5.75 Å². The van der Waals surface area contributed by atoms with Crippen molar-refractivity contribution in [3.8, 4) is 5.75 Å². The van der Waals surface area contributed by atoms with Gasteiger partial charge in [0.05, 0.1) is 17.7 Å². The van der Waals surface area contributed by atoms with Gasteiger partial charge in [-0.1, -0.05) is 45.7 Å². The van der Waals surface area contributed by atoms with Gasteiger partial charge in [-0.15, -0.1) is 0 Å². The van der Waals surface area contributed by atoms with Gasteiger partial charge >= 0.3 is 0 Å². The Morgan fingerprint density at radius 3 is 2.76 bits per heavy atom. The summed E-state index contributed by atoms with van der Waals surface area (Å²) in [5, 5.41) is 3.29. The normalized spacial score (nSPS) is 10.2. The monoisotopic (exact) mass is 367 g/mol. The Labute approximate surface area is 137 Å². The van der Waals surface area contributed by atoms with E-state index in [0.717, 1.165) is 15.8 Å². The largest absolute Gasteiger partial charge is 0.496 e. The van der Waals surface area contributed by atoms with Crippen molar-refractivity contribution in [2.45, 2.75) is 6.42 Å². The molecule has 0 aliphatic rings. The van der Waals surface area contributed by atoms with Gasteiger partial charge in [0.25, 0.3) is 5.91 Å². The molecule has 0 bridgehead atoms. The van der Waals surface area contributed by atoms with Crippen molar-refractivity contribution in [2.24, 2.45) is 0 Å². The second-order valence-electron chi connectivity index (χ2n) is 4.44. The number of halogens is 2. The van der Waals surface area contributed by atoms with E-state index in [2.05, 4.69) is 21.2 Å². The molecule has 0 heterocycles. The van der Waals surface area contributed by atoms with Crippen LogP contribution in [0.5, 0.6) is 5.75 Å². The van der Waals surface area contributed by atoms with Crippen molar-refractivity contribution >= 4 is 33.4 Å². The molecular weight excluding hydrogens is 354 g/mol. The number of carbonyl (C=O) groups is 1. The Kier molecular flexibility index (Phi) is 5.65. The Morgan fingerprint density at radius 1 is 1.29 bits per heavy atom. The van der Waals surface area contributed by atoms with Gasteiger partial charge in [0.15, 0.2) is 0 Å². The Morgan fingerprint density at radius 2 is 2.05 bits per heavy atom. The van der Waals surface area contributed by atoms with Gasteiger partial charge < -0.3 is 10.1 Å². The topological polar surface area (TPSA) is 38.3 Å². The Balaban J connectivity index is 1.95. The molecular formula is C16H15BrClNO2. The van der Waals surface area contributed by atoms with E-state index in [1.165, 1.54) is 0 Å². The third kappa shape index (κ3) is 4.22. The SMILES string of the molecule is COc1ccccc1CCNC(=O)c1ccc(Br)cc1Cl. The summed E-state index contributed by atoms with van der Waals surface area (Å²) >= 11 is 9.37. The zero-order valence-electron chi connectivity index (χ0n) is 11.5. The summed E-state index contributed by atoms with van der Waals surface area (Å²) in [5.74, 6) is 0.649. The summed E-state index contributed by atoms with van der Waals surface area (Å²) in [6.07, 6.45) is 0.698. The van der Waals surface area contributed by atoms with Crippen molar-refractivity contribution in [1.29, 1.82) is 0 Å². The number of nitrogens with one attached hydrogen (secondary N) is 1. The first-order valence-electron chi connectivity index (χ1n) is 6.47. The van der Waals surface area contributed by atoms with E-state index >= 15 is 0 Å². The molecule has 0 fully saturated rings. The van der Waals surface area contributed by atoms with Crippen LogP contribution in [0.1, 0.15) is 15.9 Å². The fourth-order valence-electron chi connectivity index (χ4n) is 1.99. The second kappa shape index (κ2) is 7.48. The van der Waals surface area contributed by atoms with Crippen LogP contribution in [-0.4, -0.2) is 19.6 Å². The fraction of sp³-hybridized carbons (Fsp3) is 0.188. The maximum Gasteiger partial charge on any atom is 0.252 e. The molecule has 0 aromatic heterocycles. The van der Waals surface area contributed by atoms with Crippen LogP contribution in [0.15, 0.2) is 46.9 Å². The van der Waals surface area contributed by atoms with E-state index in [1.807, 2.05) is 24.3 Å². The van der Waals surface area contributed by atoms with Gasteiger partial charge in [0, 0.05) is 11.0 Å².